The first kappa shape index (κ1) is 20.9. The van der Waals surface area contributed by atoms with E-state index in [1.165, 1.54) is 6.07 Å². The van der Waals surface area contributed by atoms with Crippen LogP contribution in [-0.2, 0) is 24.4 Å². The predicted octanol–water partition coefficient (Wildman–Crippen LogP) is 4.09. The summed E-state index contributed by atoms with van der Waals surface area (Å²) < 4.78 is 42.0. The van der Waals surface area contributed by atoms with Crippen molar-refractivity contribution in [1.29, 1.82) is 0 Å². The Morgan fingerprint density at radius 2 is 1.93 bits per heavy atom. The van der Waals surface area contributed by atoms with E-state index in [0.29, 0.717) is 12.1 Å². The van der Waals surface area contributed by atoms with Gasteiger partial charge in [-0.15, -0.1) is 0 Å². The highest BCUT2D eigenvalue weighted by molar-refractivity contribution is 7.77. The molecule has 0 bridgehead atoms. The van der Waals surface area contributed by atoms with Crippen molar-refractivity contribution in [2.24, 2.45) is 0 Å². The second-order valence-corrected chi connectivity index (χ2v) is 8.31. The summed E-state index contributed by atoms with van der Waals surface area (Å²) in [6.07, 6.45) is 1.69. The number of hydrogen-bond acceptors (Lipinski definition) is 4. The number of halogens is 1. The van der Waals surface area contributed by atoms with Crippen molar-refractivity contribution in [2.75, 3.05) is 13.1 Å². The van der Waals surface area contributed by atoms with Crippen molar-refractivity contribution in [3.63, 3.8) is 0 Å². The van der Waals surface area contributed by atoms with Crippen LogP contribution >= 0.6 is 0 Å². The molecule has 0 spiro atoms. The zero-order chi connectivity index (χ0) is 20.9. The maximum absolute atomic E-state index is 14.4. The molecule has 1 saturated heterocycles. The first-order valence-corrected chi connectivity index (χ1v) is 11.0. The molecule has 3 aromatic rings. The largest absolute Gasteiger partial charge is 0.359 e. The highest BCUT2D eigenvalue weighted by Gasteiger charge is 2.24. The Kier molecular flexibility index (Phi) is 6.69. The van der Waals surface area contributed by atoms with Gasteiger partial charge in [0.15, 0.2) is 5.76 Å². The molecular formula is C22H24FN3O3S. The molecule has 1 aliphatic heterocycles. The number of rotatable bonds is 7. The third-order valence-electron chi connectivity index (χ3n) is 5.50. The molecule has 1 unspecified atom stereocenters. The average molecular weight is 430 g/mol. The Balaban J connectivity index is 1.35. The fourth-order valence-corrected chi connectivity index (χ4v) is 4.21. The van der Waals surface area contributed by atoms with Crippen molar-refractivity contribution >= 4 is 11.3 Å². The first-order chi connectivity index (χ1) is 14.6. The number of likely N-dealkylation sites (tertiary alicyclic amines) is 1. The minimum Gasteiger partial charge on any atom is -0.359 e. The molecule has 0 aliphatic carbocycles. The van der Waals surface area contributed by atoms with Gasteiger partial charge in [0, 0.05) is 18.2 Å². The Hall–Kier alpha value is -2.39. The number of hydrogen-bond donors (Lipinski definition) is 2. The molecule has 158 valence electrons. The van der Waals surface area contributed by atoms with Gasteiger partial charge in [0.05, 0.1) is 6.54 Å². The van der Waals surface area contributed by atoms with Crippen molar-refractivity contribution in [3.05, 3.63) is 77.3 Å². The SMILES string of the molecule is O=S(O)NCc1ccc(F)c(C2CCN(Cc3cc(-c4ccccc4)no3)CC2)c1. The zero-order valence-corrected chi connectivity index (χ0v) is 17.3. The van der Waals surface area contributed by atoms with Crippen LogP contribution in [0.5, 0.6) is 0 Å². The van der Waals surface area contributed by atoms with Crippen LogP contribution in [0.25, 0.3) is 11.3 Å². The van der Waals surface area contributed by atoms with Crippen LogP contribution in [0.4, 0.5) is 4.39 Å². The van der Waals surface area contributed by atoms with Gasteiger partial charge in [-0.1, -0.05) is 47.6 Å². The fraction of sp³-hybridized carbons (Fsp3) is 0.318. The molecular weight excluding hydrogens is 405 g/mol. The minimum absolute atomic E-state index is 0.135. The second-order valence-electron chi connectivity index (χ2n) is 7.52. The van der Waals surface area contributed by atoms with Crippen LogP contribution < -0.4 is 4.72 Å². The fourth-order valence-electron chi connectivity index (χ4n) is 3.92. The lowest BCUT2D eigenvalue weighted by Gasteiger charge is -2.31. The molecule has 2 heterocycles. The molecule has 4 rings (SSSR count). The molecule has 2 aromatic carbocycles. The number of piperidine rings is 1. The standard InChI is InChI=1S/C22H24FN3O3S/c23-21-7-6-16(14-24-30(27)28)12-20(21)17-8-10-26(11-9-17)15-19-13-22(25-29-19)18-4-2-1-3-5-18/h1-7,12-13,17,24H,8-11,14-15H2,(H,27,28). The van der Waals surface area contributed by atoms with E-state index in [9.17, 15) is 8.60 Å². The summed E-state index contributed by atoms with van der Waals surface area (Å²) in [6, 6.07) is 16.8. The summed E-state index contributed by atoms with van der Waals surface area (Å²) in [5, 5.41) is 4.17. The Morgan fingerprint density at radius 3 is 2.67 bits per heavy atom. The van der Waals surface area contributed by atoms with Gasteiger partial charge in [0.2, 0.25) is 11.3 Å². The Labute approximate surface area is 177 Å². The van der Waals surface area contributed by atoms with Crippen molar-refractivity contribution in [1.82, 2.24) is 14.8 Å². The van der Waals surface area contributed by atoms with Gasteiger partial charge in [-0.25, -0.2) is 13.3 Å². The lowest BCUT2D eigenvalue weighted by atomic mass is 9.88. The predicted molar refractivity (Wildman–Crippen MR) is 113 cm³/mol. The summed E-state index contributed by atoms with van der Waals surface area (Å²) in [4.78, 5) is 2.30. The molecule has 1 aliphatic rings. The van der Waals surface area contributed by atoms with E-state index in [4.69, 9.17) is 9.08 Å². The van der Waals surface area contributed by atoms with Crippen LogP contribution in [0.3, 0.4) is 0 Å². The van der Waals surface area contributed by atoms with Gasteiger partial charge >= 0.3 is 0 Å². The number of benzene rings is 2. The lowest BCUT2D eigenvalue weighted by Crippen LogP contribution is -2.32. The van der Waals surface area contributed by atoms with Crippen molar-refractivity contribution in [2.45, 2.75) is 31.8 Å². The van der Waals surface area contributed by atoms with E-state index in [1.807, 2.05) is 36.4 Å². The summed E-state index contributed by atoms with van der Waals surface area (Å²) >= 11 is -2.08. The van der Waals surface area contributed by atoms with Gasteiger partial charge in [-0.3, -0.25) is 9.45 Å². The third kappa shape index (κ3) is 5.20. The minimum atomic E-state index is -2.08. The normalized spacial score (nSPS) is 16.6. The maximum Gasteiger partial charge on any atom is 0.232 e. The van der Waals surface area contributed by atoms with E-state index in [-0.39, 0.29) is 18.3 Å². The van der Waals surface area contributed by atoms with E-state index >= 15 is 0 Å². The van der Waals surface area contributed by atoms with Gasteiger partial charge in [-0.05, 0) is 49.0 Å². The van der Waals surface area contributed by atoms with E-state index in [0.717, 1.165) is 48.5 Å². The molecule has 1 atom stereocenters. The van der Waals surface area contributed by atoms with Gasteiger partial charge in [-0.2, -0.15) is 0 Å². The maximum atomic E-state index is 14.4. The molecule has 1 aromatic heterocycles. The smallest absolute Gasteiger partial charge is 0.232 e. The quantitative estimate of drug-likeness (QED) is 0.553. The highest BCUT2D eigenvalue weighted by atomic mass is 32.2. The van der Waals surface area contributed by atoms with Crippen LogP contribution in [0.1, 0.15) is 35.6 Å². The van der Waals surface area contributed by atoms with Crippen LogP contribution in [0.15, 0.2) is 59.1 Å². The first-order valence-electron chi connectivity index (χ1n) is 9.94. The molecule has 0 saturated carbocycles. The molecule has 30 heavy (non-hydrogen) atoms. The van der Waals surface area contributed by atoms with Crippen LogP contribution in [0.2, 0.25) is 0 Å². The Morgan fingerprint density at radius 1 is 1.17 bits per heavy atom. The van der Waals surface area contributed by atoms with Gasteiger partial charge < -0.3 is 4.52 Å². The van der Waals surface area contributed by atoms with Crippen molar-refractivity contribution in [3.8, 4) is 11.3 Å². The zero-order valence-electron chi connectivity index (χ0n) is 16.5. The lowest BCUT2D eigenvalue weighted by molar-refractivity contribution is 0.183. The summed E-state index contributed by atoms with van der Waals surface area (Å²) in [5.74, 6) is 0.740. The Bertz CT molecular complexity index is 1000. The molecule has 8 heteroatoms. The van der Waals surface area contributed by atoms with Crippen LogP contribution in [0, 0.1) is 5.82 Å². The number of aromatic nitrogens is 1. The number of nitrogens with zero attached hydrogens (tertiary/aromatic N) is 2. The average Bonchev–Trinajstić information content (AvgIpc) is 3.23. The van der Waals surface area contributed by atoms with Gasteiger partial charge in [0.25, 0.3) is 0 Å². The van der Waals surface area contributed by atoms with Gasteiger partial charge in [0.1, 0.15) is 11.5 Å². The van der Waals surface area contributed by atoms with E-state index < -0.39 is 11.3 Å². The molecule has 2 N–H and O–H groups in total. The highest BCUT2D eigenvalue weighted by Crippen LogP contribution is 2.31. The summed E-state index contributed by atoms with van der Waals surface area (Å²) in [7, 11) is 0. The monoisotopic (exact) mass is 429 g/mol. The molecule has 0 radical (unpaired) electrons. The summed E-state index contributed by atoms with van der Waals surface area (Å²) in [5.41, 5.74) is 3.34. The van der Waals surface area contributed by atoms with Crippen molar-refractivity contribution < 1.29 is 17.7 Å². The second kappa shape index (κ2) is 9.61. The molecule has 1 fully saturated rings. The molecule has 6 nitrogen and oxygen atoms in total. The van der Waals surface area contributed by atoms with E-state index in [2.05, 4.69) is 14.8 Å². The summed E-state index contributed by atoms with van der Waals surface area (Å²) in [6.45, 7) is 2.59. The molecule has 0 amide bonds. The van der Waals surface area contributed by atoms with Crippen LogP contribution in [-0.4, -0.2) is 31.9 Å². The van der Waals surface area contributed by atoms with E-state index in [1.54, 1.807) is 12.1 Å². The third-order valence-corrected chi connectivity index (χ3v) is 5.89. The number of nitrogens with one attached hydrogen (secondary N) is 1. The topological polar surface area (TPSA) is 78.6 Å².